The summed E-state index contributed by atoms with van der Waals surface area (Å²) in [5.74, 6) is 0. The molecule has 1 amide bonds. The highest BCUT2D eigenvalue weighted by molar-refractivity contribution is 7.89. The van der Waals surface area contributed by atoms with E-state index in [4.69, 9.17) is 4.74 Å². The molecule has 1 aliphatic heterocycles. The minimum Gasteiger partial charge on any atom is -0.445 e. The van der Waals surface area contributed by atoms with Gasteiger partial charge in [0.2, 0.25) is 0 Å². The van der Waals surface area contributed by atoms with Crippen LogP contribution in [-0.2, 0) is 21.2 Å². The molecule has 0 bridgehead atoms. The van der Waals surface area contributed by atoms with E-state index in [2.05, 4.69) is 6.58 Å². The molecule has 0 spiro atoms. The Hall–Kier alpha value is -3.20. The second kappa shape index (κ2) is 8.44. The molecular weight excluding hydrogens is 396 g/mol. The monoisotopic (exact) mass is 416 g/mol. The van der Waals surface area contributed by atoms with Crippen LogP contribution < -0.4 is 0 Å². The third-order valence-corrected chi connectivity index (χ3v) is 6.53. The molecule has 1 heterocycles. The third kappa shape index (κ3) is 4.45. The van der Waals surface area contributed by atoms with E-state index in [1.165, 1.54) is 6.08 Å². The van der Waals surface area contributed by atoms with Crippen molar-refractivity contribution in [3.63, 3.8) is 0 Å². The van der Waals surface area contributed by atoms with E-state index in [0.717, 1.165) is 29.8 Å². The van der Waals surface area contributed by atoms with Crippen LogP contribution in [0, 0.1) is 10.1 Å². The first-order chi connectivity index (χ1) is 13.8. The van der Waals surface area contributed by atoms with Gasteiger partial charge in [0.25, 0.3) is 15.7 Å². The number of carbonyl (C=O) groups excluding carboxylic acids is 1. The summed E-state index contributed by atoms with van der Waals surface area (Å²) in [5, 5.41) is 10.8. The molecule has 8 nitrogen and oxygen atoms in total. The number of nitrogens with zero attached hydrogens (tertiary/aromatic N) is 2. The van der Waals surface area contributed by atoms with Crippen molar-refractivity contribution < 1.29 is 22.9 Å². The zero-order chi connectivity index (χ0) is 21.0. The van der Waals surface area contributed by atoms with Crippen molar-refractivity contribution in [2.24, 2.45) is 0 Å². The molecule has 9 heteroatoms. The molecule has 0 aliphatic carbocycles. The lowest BCUT2D eigenvalue weighted by atomic mass is 10.0. The van der Waals surface area contributed by atoms with Crippen LogP contribution in [0.15, 0.2) is 72.1 Å². The number of sulfonamides is 1. The summed E-state index contributed by atoms with van der Waals surface area (Å²) in [7, 11) is -4.24. The van der Waals surface area contributed by atoms with Crippen LogP contribution in [0.2, 0.25) is 0 Å². The van der Waals surface area contributed by atoms with Gasteiger partial charge in [-0.2, -0.15) is 4.31 Å². The average Bonchev–Trinajstić information content (AvgIpc) is 2.72. The van der Waals surface area contributed by atoms with E-state index >= 15 is 0 Å². The topological polar surface area (TPSA) is 107 Å². The molecule has 2 aromatic carbocycles. The van der Waals surface area contributed by atoms with Crippen LogP contribution in [0.1, 0.15) is 18.4 Å². The zero-order valence-corrected chi connectivity index (χ0v) is 16.3. The van der Waals surface area contributed by atoms with E-state index < -0.39 is 33.2 Å². The van der Waals surface area contributed by atoms with Crippen molar-refractivity contribution in [1.82, 2.24) is 4.31 Å². The van der Waals surface area contributed by atoms with E-state index in [9.17, 15) is 23.3 Å². The Morgan fingerprint density at radius 1 is 1.17 bits per heavy atom. The first-order valence-corrected chi connectivity index (χ1v) is 10.4. The van der Waals surface area contributed by atoms with Gasteiger partial charge < -0.3 is 4.74 Å². The molecule has 0 radical (unpaired) electrons. The van der Waals surface area contributed by atoms with Gasteiger partial charge in [-0.1, -0.05) is 36.4 Å². The fourth-order valence-electron chi connectivity index (χ4n) is 3.21. The summed E-state index contributed by atoms with van der Waals surface area (Å²) in [5.41, 5.74) is 0.853. The molecule has 152 valence electrons. The van der Waals surface area contributed by atoms with Crippen LogP contribution in [-0.4, -0.2) is 35.9 Å². The Bertz CT molecular complexity index is 1010. The summed E-state index contributed by atoms with van der Waals surface area (Å²) in [6.07, 6.45) is 1.53. The van der Waals surface area contributed by atoms with Crippen molar-refractivity contribution in [2.75, 3.05) is 0 Å². The van der Waals surface area contributed by atoms with Crippen molar-refractivity contribution in [3.05, 3.63) is 82.9 Å². The third-order valence-electron chi connectivity index (χ3n) is 4.73. The van der Waals surface area contributed by atoms with Gasteiger partial charge in [0.1, 0.15) is 6.10 Å². The van der Waals surface area contributed by atoms with Crippen molar-refractivity contribution in [2.45, 2.75) is 36.3 Å². The summed E-state index contributed by atoms with van der Waals surface area (Å²) >= 11 is 0. The SMILES string of the molecule is C=C[C@@H]1C[C@H](CCc2ccccc2)OC(=O)N1S(=O)(=O)c1ccc([N+](=O)[O-])cc1. The standard InChI is InChI=1S/C20H20N2O6S/c1-2-16-14-18(11-8-15-6-4-3-5-7-15)28-20(23)21(16)29(26,27)19-12-9-17(10-13-19)22(24)25/h2-7,9-10,12-13,16,18H,1,8,11,14H2/t16-,18+/m1/s1. The predicted molar refractivity (Wildman–Crippen MR) is 106 cm³/mol. The fourth-order valence-corrected chi connectivity index (χ4v) is 4.69. The number of hydrogen-bond acceptors (Lipinski definition) is 6. The number of nitro groups is 1. The molecule has 1 fully saturated rings. The molecule has 0 aromatic heterocycles. The largest absolute Gasteiger partial charge is 0.445 e. The fraction of sp³-hybridized carbons (Fsp3) is 0.250. The van der Waals surface area contributed by atoms with Crippen LogP contribution in [0.3, 0.4) is 0 Å². The van der Waals surface area contributed by atoms with E-state index in [0.29, 0.717) is 17.1 Å². The van der Waals surface area contributed by atoms with Crippen LogP contribution in [0.5, 0.6) is 0 Å². The van der Waals surface area contributed by atoms with Crippen molar-refractivity contribution in [1.29, 1.82) is 0 Å². The molecule has 0 unspecified atom stereocenters. The second-order valence-corrected chi connectivity index (χ2v) is 8.44. The minimum atomic E-state index is -4.24. The molecule has 3 rings (SSSR count). The molecule has 1 saturated heterocycles. The maximum Gasteiger partial charge on any atom is 0.424 e. The number of ether oxygens (including phenoxy) is 1. The van der Waals surface area contributed by atoms with E-state index in [-0.39, 0.29) is 17.0 Å². The predicted octanol–water partition coefficient (Wildman–Crippen LogP) is 3.68. The van der Waals surface area contributed by atoms with E-state index in [1.54, 1.807) is 0 Å². The number of aryl methyl sites for hydroxylation is 1. The Kier molecular flexibility index (Phi) is 5.97. The number of benzene rings is 2. The quantitative estimate of drug-likeness (QED) is 0.387. The molecule has 1 aliphatic rings. The van der Waals surface area contributed by atoms with Crippen molar-refractivity contribution >= 4 is 21.8 Å². The van der Waals surface area contributed by atoms with Crippen molar-refractivity contribution in [3.8, 4) is 0 Å². The van der Waals surface area contributed by atoms with Crippen LogP contribution in [0.4, 0.5) is 10.5 Å². The highest BCUT2D eigenvalue weighted by Gasteiger charge is 2.42. The summed E-state index contributed by atoms with van der Waals surface area (Å²) in [6, 6.07) is 13.3. The van der Waals surface area contributed by atoms with Gasteiger partial charge in [0.05, 0.1) is 15.9 Å². The van der Waals surface area contributed by atoms with Gasteiger partial charge in [-0.05, 0) is 30.5 Å². The zero-order valence-electron chi connectivity index (χ0n) is 15.5. The van der Waals surface area contributed by atoms with Gasteiger partial charge in [-0.15, -0.1) is 6.58 Å². The molecule has 29 heavy (non-hydrogen) atoms. The smallest absolute Gasteiger partial charge is 0.424 e. The molecule has 0 saturated carbocycles. The van der Waals surface area contributed by atoms with Gasteiger partial charge in [0, 0.05) is 18.6 Å². The number of hydrogen-bond donors (Lipinski definition) is 0. The lowest BCUT2D eigenvalue weighted by molar-refractivity contribution is -0.384. The molecule has 0 N–H and O–H groups in total. The van der Waals surface area contributed by atoms with Gasteiger partial charge in [0.15, 0.2) is 0 Å². The lowest BCUT2D eigenvalue weighted by Gasteiger charge is -2.36. The average molecular weight is 416 g/mol. The number of cyclic esters (lactones) is 1. The minimum absolute atomic E-state index is 0.227. The second-order valence-electron chi connectivity index (χ2n) is 6.62. The first kappa shape index (κ1) is 20.5. The Morgan fingerprint density at radius 2 is 1.83 bits per heavy atom. The molecule has 2 aromatic rings. The van der Waals surface area contributed by atoms with Gasteiger partial charge in [-0.25, -0.2) is 13.2 Å². The Morgan fingerprint density at radius 3 is 2.41 bits per heavy atom. The Balaban J connectivity index is 1.76. The highest BCUT2D eigenvalue weighted by atomic mass is 32.2. The summed E-state index contributed by atoms with van der Waals surface area (Å²) in [4.78, 5) is 22.5. The number of carbonyl (C=O) groups is 1. The highest BCUT2D eigenvalue weighted by Crippen LogP contribution is 2.29. The maximum absolute atomic E-state index is 12.9. The van der Waals surface area contributed by atoms with Gasteiger partial charge >= 0.3 is 6.09 Å². The molecule has 2 atom stereocenters. The lowest BCUT2D eigenvalue weighted by Crippen LogP contribution is -2.51. The normalized spacial score (nSPS) is 19.4. The number of non-ortho nitro benzene ring substituents is 1. The van der Waals surface area contributed by atoms with Gasteiger partial charge in [-0.3, -0.25) is 10.1 Å². The van der Waals surface area contributed by atoms with Crippen LogP contribution in [0.25, 0.3) is 0 Å². The number of amides is 1. The molecular formula is C20H20N2O6S. The van der Waals surface area contributed by atoms with Crippen LogP contribution >= 0.6 is 0 Å². The summed E-state index contributed by atoms with van der Waals surface area (Å²) < 4.78 is 31.9. The first-order valence-electron chi connectivity index (χ1n) is 8.99. The summed E-state index contributed by atoms with van der Waals surface area (Å²) in [6.45, 7) is 3.66. The Labute approximate surface area is 168 Å². The number of rotatable bonds is 7. The maximum atomic E-state index is 12.9. The number of nitro benzene ring substituents is 1. The van der Waals surface area contributed by atoms with E-state index in [1.807, 2.05) is 30.3 Å².